The van der Waals surface area contributed by atoms with Gasteiger partial charge in [-0.1, -0.05) is 11.6 Å². The van der Waals surface area contributed by atoms with Gasteiger partial charge in [0, 0.05) is 30.7 Å². The molecule has 1 saturated heterocycles. The minimum absolute atomic E-state index is 0.199. The molecular formula is C16H23ClN2O4S. The van der Waals surface area contributed by atoms with Crippen LogP contribution in [0.4, 0.5) is 4.79 Å². The van der Waals surface area contributed by atoms with Crippen molar-refractivity contribution in [3.8, 4) is 0 Å². The first kappa shape index (κ1) is 19.0. The molecule has 24 heavy (non-hydrogen) atoms. The van der Waals surface area contributed by atoms with E-state index in [1.54, 1.807) is 44.7 Å². The number of halogens is 1. The van der Waals surface area contributed by atoms with Gasteiger partial charge < -0.3 is 9.64 Å². The number of ether oxygens (including phenoxy) is 1. The summed E-state index contributed by atoms with van der Waals surface area (Å²) in [6.45, 7) is 8.00. The number of rotatable bonds is 2. The van der Waals surface area contributed by atoms with Crippen LogP contribution in [-0.4, -0.2) is 55.0 Å². The lowest BCUT2D eigenvalue weighted by molar-refractivity contribution is 0.0143. The molecule has 1 fully saturated rings. The Bertz CT molecular complexity index is 698. The third-order valence-corrected chi connectivity index (χ3v) is 5.92. The molecule has 0 aromatic heterocycles. The Kier molecular flexibility index (Phi) is 5.47. The highest BCUT2D eigenvalue weighted by Crippen LogP contribution is 2.23. The Morgan fingerprint density at radius 1 is 1.21 bits per heavy atom. The van der Waals surface area contributed by atoms with E-state index in [0.717, 1.165) is 0 Å². The van der Waals surface area contributed by atoms with Gasteiger partial charge in [-0.2, -0.15) is 4.31 Å². The summed E-state index contributed by atoms with van der Waals surface area (Å²) in [6.07, 6.45) is -0.419. The van der Waals surface area contributed by atoms with Crippen LogP contribution in [0.2, 0.25) is 5.02 Å². The maximum atomic E-state index is 12.8. The fourth-order valence-electron chi connectivity index (χ4n) is 2.53. The van der Waals surface area contributed by atoms with E-state index < -0.39 is 21.7 Å². The molecule has 6 nitrogen and oxygen atoms in total. The number of carbonyl (C=O) groups is 1. The molecular weight excluding hydrogens is 352 g/mol. The molecule has 1 aliphatic heterocycles. The van der Waals surface area contributed by atoms with E-state index in [2.05, 4.69) is 0 Å². The Morgan fingerprint density at radius 2 is 1.79 bits per heavy atom. The molecule has 0 radical (unpaired) electrons. The zero-order valence-corrected chi connectivity index (χ0v) is 15.9. The first-order chi connectivity index (χ1) is 11.0. The van der Waals surface area contributed by atoms with Crippen LogP contribution < -0.4 is 0 Å². The van der Waals surface area contributed by atoms with Gasteiger partial charge in [-0.3, -0.25) is 0 Å². The van der Waals surface area contributed by atoms with Gasteiger partial charge in [0.05, 0.1) is 4.90 Å². The molecule has 0 aliphatic carbocycles. The molecule has 1 heterocycles. The van der Waals surface area contributed by atoms with Crippen LogP contribution in [0.3, 0.4) is 0 Å². The summed E-state index contributed by atoms with van der Waals surface area (Å²) in [5, 5.41) is 0.483. The van der Waals surface area contributed by atoms with Crippen LogP contribution in [0.1, 0.15) is 27.7 Å². The van der Waals surface area contributed by atoms with Gasteiger partial charge in [-0.05, 0) is 52.0 Å². The van der Waals surface area contributed by atoms with Gasteiger partial charge in [-0.25, -0.2) is 13.2 Å². The number of hydrogen-bond donors (Lipinski definition) is 0. The Labute approximate surface area is 148 Å². The van der Waals surface area contributed by atoms with Gasteiger partial charge in [0.2, 0.25) is 10.0 Å². The van der Waals surface area contributed by atoms with E-state index in [1.807, 2.05) is 0 Å². The molecule has 0 spiro atoms. The number of hydrogen-bond acceptors (Lipinski definition) is 4. The fourth-order valence-corrected chi connectivity index (χ4v) is 4.27. The molecule has 1 aromatic carbocycles. The molecule has 1 amide bonds. The highest BCUT2D eigenvalue weighted by molar-refractivity contribution is 7.89. The summed E-state index contributed by atoms with van der Waals surface area (Å²) in [7, 11) is -3.62. The Balaban J connectivity index is 2.10. The molecule has 0 bridgehead atoms. The van der Waals surface area contributed by atoms with Crippen LogP contribution in [0.25, 0.3) is 0 Å². The van der Waals surface area contributed by atoms with Crippen molar-refractivity contribution in [3.05, 3.63) is 29.3 Å². The highest BCUT2D eigenvalue weighted by atomic mass is 35.5. The SMILES string of the molecule is CC1CN(C(=O)OC(C)(C)C)CCN1S(=O)(=O)c1ccc(Cl)cc1. The van der Waals surface area contributed by atoms with E-state index in [0.29, 0.717) is 18.1 Å². The molecule has 134 valence electrons. The van der Waals surface area contributed by atoms with Crippen molar-refractivity contribution in [2.75, 3.05) is 19.6 Å². The van der Waals surface area contributed by atoms with Gasteiger partial charge in [-0.15, -0.1) is 0 Å². The number of amides is 1. The van der Waals surface area contributed by atoms with Crippen molar-refractivity contribution in [2.24, 2.45) is 0 Å². The predicted molar refractivity (Wildman–Crippen MR) is 92.6 cm³/mol. The van der Waals surface area contributed by atoms with E-state index in [9.17, 15) is 13.2 Å². The second-order valence-corrected chi connectivity index (χ2v) is 9.17. The van der Waals surface area contributed by atoms with Crippen molar-refractivity contribution < 1.29 is 17.9 Å². The normalized spacial score (nSPS) is 20.0. The molecule has 1 aliphatic rings. The summed E-state index contributed by atoms with van der Waals surface area (Å²) in [5.41, 5.74) is -0.577. The Morgan fingerprint density at radius 3 is 2.29 bits per heavy atom. The fraction of sp³-hybridized carbons (Fsp3) is 0.562. The van der Waals surface area contributed by atoms with E-state index in [4.69, 9.17) is 16.3 Å². The maximum Gasteiger partial charge on any atom is 0.410 e. The maximum absolute atomic E-state index is 12.8. The topological polar surface area (TPSA) is 66.9 Å². The van der Waals surface area contributed by atoms with Gasteiger partial charge in [0.25, 0.3) is 0 Å². The van der Waals surface area contributed by atoms with Crippen molar-refractivity contribution in [1.82, 2.24) is 9.21 Å². The standard InChI is InChI=1S/C16H23ClN2O4S/c1-12-11-18(15(20)23-16(2,3)4)9-10-19(12)24(21,22)14-7-5-13(17)6-8-14/h5-8,12H,9-11H2,1-4H3. The summed E-state index contributed by atoms with van der Waals surface area (Å²) >= 11 is 5.82. The number of piperazine rings is 1. The van der Waals surface area contributed by atoms with Crippen LogP contribution in [0.15, 0.2) is 29.2 Å². The second-order valence-electron chi connectivity index (χ2n) is 6.85. The lowest BCUT2D eigenvalue weighted by atomic mass is 10.2. The van der Waals surface area contributed by atoms with Crippen molar-refractivity contribution >= 4 is 27.7 Å². The predicted octanol–water partition coefficient (Wildman–Crippen LogP) is 2.97. The molecule has 8 heteroatoms. The quantitative estimate of drug-likeness (QED) is 0.798. The van der Waals surface area contributed by atoms with Crippen molar-refractivity contribution in [2.45, 2.75) is 44.2 Å². The molecule has 1 atom stereocenters. The summed E-state index contributed by atoms with van der Waals surface area (Å²) in [6, 6.07) is 5.74. The Hall–Kier alpha value is -1.31. The summed E-state index contributed by atoms with van der Waals surface area (Å²) in [5.74, 6) is 0. The third-order valence-electron chi connectivity index (χ3n) is 3.64. The van der Waals surface area contributed by atoms with E-state index in [-0.39, 0.29) is 17.5 Å². The number of benzene rings is 1. The monoisotopic (exact) mass is 374 g/mol. The molecule has 2 rings (SSSR count). The molecule has 0 N–H and O–H groups in total. The van der Waals surface area contributed by atoms with Gasteiger partial charge in [0.15, 0.2) is 0 Å². The summed E-state index contributed by atoms with van der Waals surface area (Å²) < 4.78 is 32.3. The molecule has 1 aromatic rings. The zero-order chi connectivity index (χ0) is 18.1. The second kappa shape index (κ2) is 6.90. The lowest BCUT2D eigenvalue weighted by Gasteiger charge is -2.39. The number of nitrogens with zero attached hydrogens (tertiary/aromatic N) is 2. The van der Waals surface area contributed by atoms with E-state index in [1.165, 1.54) is 16.4 Å². The van der Waals surface area contributed by atoms with E-state index >= 15 is 0 Å². The van der Waals surface area contributed by atoms with Gasteiger partial charge >= 0.3 is 6.09 Å². The van der Waals surface area contributed by atoms with Crippen LogP contribution in [-0.2, 0) is 14.8 Å². The lowest BCUT2D eigenvalue weighted by Crippen LogP contribution is -2.55. The van der Waals surface area contributed by atoms with Gasteiger partial charge in [0.1, 0.15) is 5.60 Å². The number of carbonyl (C=O) groups excluding carboxylic acids is 1. The average Bonchev–Trinajstić information content (AvgIpc) is 2.45. The van der Waals surface area contributed by atoms with Crippen LogP contribution >= 0.6 is 11.6 Å². The smallest absolute Gasteiger partial charge is 0.410 e. The first-order valence-corrected chi connectivity index (χ1v) is 9.58. The zero-order valence-electron chi connectivity index (χ0n) is 14.3. The van der Waals surface area contributed by atoms with Crippen LogP contribution in [0, 0.1) is 0 Å². The van der Waals surface area contributed by atoms with Crippen molar-refractivity contribution in [3.63, 3.8) is 0 Å². The first-order valence-electron chi connectivity index (χ1n) is 7.76. The largest absolute Gasteiger partial charge is 0.444 e. The van der Waals surface area contributed by atoms with Crippen molar-refractivity contribution in [1.29, 1.82) is 0 Å². The molecule has 0 saturated carbocycles. The third kappa shape index (κ3) is 4.40. The van der Waals surface area contributed by atoms with Crippen LogP contribution in [0.5, 0.6) is 0 Å². The number of sulfonamides is 1. The molecule has 1 unspecified atom stereocenters. The minimum Gasteiger partial charge on any atom is -0.444 e. The average molecular weight is 375 g/mol. The highest BCUT2D eigenvalue weighted by Gasteiger charge is 2.36. The summed E-state index contributed by atoms with van der Waals surface area (Å²) in [4.78, 5) is 13.9. The minimum atomic E-state index is -3.62.